The van der Waals surface area contributed by atoms with Crippen molar-refractivity contribution in [3.63, 3.8) is 0 Å². The molecule has 3 rings (SSSR count). The summed E-state index contributed by atoms with van der Waals surface area (Å²) in [6.07, 6.45) is 0. The van der Waals surface area contributed by atoms with Crippen LogP contribution in [-0.4, -0.2) is 8.42 Å². The molecule has 3 aromatic carbocycles. The Hall–Kier alpha value is -2.44. The minimum atomic E-state index is -3.98. The zero-order valence-corrected chi connectivity index (χ0v) is 15.0. The Labute approximate surface area is 155 Å². The third kappa shape index (κ3) is 4.03. The van der Waals surface area contributed by atoms with Gasteiger partial charge in [0.25, 0.3) is 10.0 Å². The van der Waals surface area contributed by atoms with Crippen LogP contribution >= 0.6 is 11.6 Å². The Balaban J connectivity index is 2.07. The fraction of sp³-hybridized carbons (Fsp3) is 0.0526. The third-order valence-corrected chi connectivity index (χ3v) is 5.76. The van der Waals surface area contributed by atoms with Gasteiger partial charge in [-0.1, -0.05) is 29.8 Å². The Kier molecular flexibility index (Phi) is 5.25. The number of nitrogens with zero attached hydrogens (tertiary/aromatic N) is 1. The first-order chi connectivity index (χ1) is 12.4. The number of anilines is 1. The summed E-state index contributed by atoms with van der Waals surface area (Å²) >= 11 is 6.01. The van der Waals surface area contributed by atoms with Gasteiger partial charge in [0.1, 0.15) is 11.6 Å². The Bertz CT molecular complexity index is 1010. The van der Waals surface area contributed by atoms with E-state index in [0.717, 1.165) is 16.4 Å². The van der Waals surface area contributed by atoms with Crippen LogP contribution in [0.4, 0.5) is 14.5 Å². The van der Waals surface area contributed by atoms with Crippen molar-refractivity contribution in [1.82, 2.24) is 0 Å². The van der Waals surface area contributed by atoms with Crippen LogP contribution in [0, 0.1) is 11.6 Å². The predicted octanol–water partition coefficient (Wildman–Crippen LogP) is 5.01. The molecule has 0 aliphatic carbocycles. The molecule has 3 aromatic rings. The molecule has 0 N–H and O–H groups in total. The van der Waals surface area contributed by atoms with Gasteiger partial charge >= 0.3 is 0 Å². The highest BCUT2D eigenvalue weighted by Crippen LogP contribution is 2.28. The summed E-state index contributed by atoms with van der Waals surface area (Å²) in [5.41, 5.74) is 0.947. The van der Waals surface area contributed by atoms with Gasteiger partial charge in [0, 0.05) is 5.02 Å². The van der Waals surface area contributed by atoms with Crippen LogP contribution in [0.3, 0.4) is 0 Å². The van der Waals surface area contributed by atoms with Crippen LogP contribution in [-0.2, 0) is 16.6 Å². The van der Waals surface area contributed by atoms with E-state index >= 15 is 0 Å². The second kappa shape index (κ2) is 7.43. The fourth-order valence-electron chi connectivity index (χ4n) is 2.44. The van der Waals surface area contributed by atoms with Gasteiger partial charge in [-0.25, -0.2) is 17.2 Å². The first-order valence-electron chi connectivity index (χ1n) is 7.64. The molecule has 0 saturated carbocycles. The fourth-order valence-corrected chi connectivity index (χ4v) is 4.06. The number of sulfonamides is 1. The van der Waals surface area contributed by atoms with Crippen LogP contribution in [0.25, 0.3) is 0 Å². The zero-order chi connectivity index (χ0) is 18.7. The normalized spacial score (nSPS) is 11.3. The number of hydrogen-bond donors (Lipinski definition) is 0. The zero-order valence-electron chi connectivity index (χ0n) is 13.4. The van der Waals surface area contributed by atoms with Crippen molar-refractivity contribution in [2.24, 2.45) is 0 Å². The maximum Gasteiger partial charge on any atom is 0.264 e. The van der Waals surface area contributed by atoms with Gasteiger partial charge in [-0.05, 0) is 60.2 Å². The average molecular weight is 394 g/mol. The van der Waals surface area contributed by atoms with E-state index < -0.39 is 21.7 Å². The Morgan fingerprint density at radius 1 is 0.846 bits per heavy atom. The van der Waals surface area contributed by atoms with Crippen molar-refractivity contribution in [3.05, 3.63) is 95.0 Å². The van der Waals surface area contributed by atoms with Crippen molar-refractivity contribution >= 4 is 27.3 Å². The molecule has 3 nitrogen and oxygen atoms in total. The minimum absolute atomic E-state index is 0.0274. The van der Waals surface area contributed by atoms with Gasteiger partial charge in [-0.2, -0.15) is 0 Å². The number of rotatable bonds is 5. The molecular formula is C19H14ClF2NO2S. The lowest BCUT2D eigenvalue weighted by molar-refractivity contribution is 0.589. The first-order valence-corrected chi connectivity index (χ1v) is 9.46. The molecule has 0 radical (unpaired) electrons. The molecule has 7 heteroatoms. The van der Waals surface area contributed by atoms with E-state index in [1.165, 1.54) is 42.5 Å². The smallest absolute Gasteiger partial charge is 0.262 e. The maximum absolute atomic E-state index is 13.2. The topological polar surface area (TPSA) is 37.4 Å². The molecule has 0 aliphatic heterocycles. The van der Waals surface area contributed by atoms with Crippen molar-refractivity contribution in [2.45, 2.75) is 11.4 Å². The molecule has 0 bridgehead atoms. The van der Waals surface area contributed by atoms with Gasteiger partial charge < -0.3 is 0 Å². The molecule has 0 heterocycles. The monoisotopic (exact) mass is 393 g/mol. The van der Waals surface area contributed by atoms with E-state index in [0.29, 0.717) is 16.3 Å². The van der Waals surface area contributed by atoms with E-state index in [1.807, 2.05) is 0 Å². The molecule has 0 atom stereocenters. The second-order valence-electron chi connectivity index (χ2n) is 5.57. The van der Waals surface area contributed by atoms with Crippen LogP contribution < -0.4 is 4.31 Å². The number of benzene rings is 3. The van der Waals surface area contributed by atoms with Crippen LogP contribution in [0.2, 0.25) is 5.02 Å². The van der Waals surface area contributed by atoms with Crippen LogP contribution in [0.5, 0.6) is 0 Å². The lowest BCUT2D eigenvalue weighted by Crippen LogP contribution is -2.30. The summed E-state index contributed by atoms with van der Waals surface area (Å²) < 4.78 is 53.7. The predicted molar refractivity (Wildman–Crippen MR) is 97.6 cm³/mol. The standard InChI is InChI=1S/C19H14ClF2NO2S/c20-15-2-1-3-18(12-15)23(13-14-4-6-16(21)7-5-14)26(24,25)19-10-8-17(22)9-11-19/h1-12H,13H2. The highest BCUT2D eigenvalue weighted by atomic mass is 35.5. The molecule has 0 saturated heterocycles. The summed E-state index contributed by atoms with van der Waals surface area (Å²) in [5, 5.41) is 0.376. The van der Waals surface area contributed by atoms with Crippen LogP contribution in [0.1, 0.15) is 5.56 Å². The maximum atomic E-state index is 13.2. The number of hydrogen-bond acceptors (Lipinski definition) is 2. The van der Waals surface area contributed by atoms with Gasteiger partial charge in [0.05, 0.1) is 17.1 Å². The first kappa shape index (κ1) is 18.4. The molecule has 0 unspecified atom stereocenters. The summed E-state index contributed by atoms with van der Waals surface area (Å²) in [4.78, 5) is -0.0546. The van der Waals surface area contributed by atoms with E-state index in [2.05, 4.69) is 0 Å². The molecule has 0 fully saturated rings. The van der Waals surface area contributed by atoms with Gasteiger partial charge in [-0.3, -0.25) is 4.31 Å². The second-order valence-corrected chi connectivity index (χ2v) is 7.87. The lowest BCUT2D eigenvalue weighted by atomic mass is 10.2. The third-order valence-electron chi connectivity index (χ3n) is 3.74. The largest absolute Gasteiger partial charge is 0.264 e. The summed E-state index contributed by atoms with van der Waals surface area (Å²) in [6.45, 7) is -0.0274. The van der Waals surface area contributed by atoms with Crippen molar-refractivity contribution in [1.29, 1.82) is 0 Å². The quantitative estimate of drug-likeness (QED) is 0.610. The molecule has 0 aromatic heterocycles. The average Bonchev–Trinajstić information content (AvgIpc) is 2.61. The van der Waals surface area contributed by atoms with E-state index in [4.69, 9.17) is 11.6 Å². The van der Waals surface area contributed by atoms with Gasteiger partial charge in [0.2, 0.25) is 0 Å². The number of halogens is 3. The molecule has 0 spiro atoms. The van der Waals surface area contributed by atoms with Crippen molar-refractivity contribution < 1.29 is 17.2 Å². The summed E-state index contributed by atoms with van der Waals surface area (Å²) in [6, 6.07) is 16.5. The van der Waals surface area contributed by atoms with Crippen molar-refractivity contribution in [3.8, 4) is 0 Å². The molecular weight excluding hydrogens is 380 g/mol. The summed E-state index contributed by atoms with van der Waals surface area (Å²) in [7, 11) is -3.98. The minimum Gasteiger partial charge on any atom is -0.262 e. The Morgan fingerprint density at radius 2 is 1.42 bits per heavy atom. The van der Waals surface area contributed by atoms with Crippen LogP contribution in [0.15, 0.2) is 77.7 Å². The lowest BCUT2D eigenvalue weighted by Gasteiger charge is -2.25. The highest BCUT2D eigenvalue weighted by Gasteiger charge is 2.25. The van der Waals surface area contributed by atoms with Crippen molar-refractivity contribution in [2.75, 3.05) is 4.31 Å². The molecule has 134 valence electrons. The van der Waals surface area contributed by atoms with E-state index in [-0.39, 0.29) is 11.4 Å². The van der Waals surface area contributed by atoms with Gasteiger partial charge in [0.15, 0.2) is 0 Å². The highest BCUT2D eigenvalue weighted by molar-refractivity contribution is 7.92. The Morgan fingerprint density at radius 3 is 2.00 bits per heavy atom. The molecule has 0 aliphatic rings. The SMILES string of the molecule is O=S(=O)(c1ccc(F)cc1)N(Cc1ccc(F)cc1)c1cccc(Cl)c1. The molecule has 0 amide bonds. The van der Waals surface area contributed by atoms with E-state index in [9.17, 15) is 17.2 Å². The summed E-state index contributed by atoms with van der Waals surface area (Å²) in [5.74, 6) is -0.943. The van der Waals surface area contributed by atoms with Gasteiger partial charge in [-0.15, -0.1) is 0 Å². The molecule has 26 heavy (non-hydrogen) atoms. The van der Waals surface area contributed by atoms with E-state index in [1.54, 1.807) is 18.2 Å².